The van der Waals surface area contributed by atoms with Gasteiger partial charge in [0.15, 0.2) is 0 Å². The first kappa shape index (κ1) is 14.9. The molecular weight excluding hydrogens is 258 g/mol. The van der Waals surface area contributed by atoms with Gasteiger partial charge in [0.2, 0.25) is 0 Å². The smallest absolute Gasteiger partial charge is 0.0647 e. The van der Waals surface area contributed by atoms with Crippen LogP contribution >= 0.6 is 0 Å². The zero-order valence-corrected chi connectivity index (χ0v) is 12.8. The van der Waals surface area contributed by atoms with Crippen molar-refractivity contribution in [1.82, 2.24) is 0 Å². The lowest BCUT2D eigenvalue weighted by Gasteiger charge is -2.21. The molecule has 0 heterocycles. The summed E-state index contributed by atoms with van der Waals surface area (Å²) in [6.07, 6.45) is 0.440. The van der Waals surface area contributed by atoms with E-state index in [1.807, 2.05) is 32.3 Å². The van der Waals surface area contributed by atoms with Crippen molar-refractivity contribution in [3.8, 4) is 6.07 Å². The lowest BCUT2D eigenvalue weighted by atomic mass is 10.0. The van der Waals surface area contributed by atoms with Crippen LogP contribution in [0.25, 0.3) is 0 Å². The van der Waals surface area contributed by atoms with E-state index >= 15 is 0 Å². The zero-order chi connectivity index (χ0) is 15.2. The average molecular weight is 279 g/mol. The van der Waals surface area contributed by atoms with Crippen molar-refractivity contribution in [1.29, 1.82) is 5.26 Å². The SMILES string of the molecule is Cc1ccc(NC(CC#N)c2ccccc2)cc1N(C)C. The maximum absolute atomic E-state index is 9.06. The van der Waals surface area contributed by atoms with Crippen LogP contribution in [0.5, 0.6) is 0 Å². The van der Waals surface area contributed by atoms with Crippen molar-refractivity contribution >= 4 is 11.4 Å². The van der Waals surface area contributed by atoms with Crippen LogP contribution in [0.2, 0.25) is 0 Å². The molecule has 2 rings (SSSR count). The molecule has 0 radical (unpaired) electrons. The van der Waals surface area contributed by atoms with Crippen molar-refractivity contribution in [2.45, 2.75) is 19.4 Å². The van der Waals surface area contributed by atoms with Crippen LogP contribution in [0.4, 0.5) is 11.4 Å². The molecule has 0 fully saturated rings. The van der Waals surface area contributed by atoms with Crippen molar-refractivity contribution in [2.24, 2.45) is 0 Å². The summed E-state index contributed by atoms with van der Waals surface area (Å²) in [5.74, 6) is 0. The van der Waals surface area contributed by atoms with E-state index in [0.717, 1.165) is 11.3 Å². The molecule has 0 spiro atoms. The first-order chi connectivity index (χ1) is 10.1. The van der Waals surface area contributed by atoms with Gasteiger partial charge in [0, 0.05) is 25.5 Å². The van der Waals surface area contributed by atoms with Gasteiger partial charge in [0.1, 0.15) is 0 Å². The van der Waals surface area contributed by atoms with E-state index in [2.05, 4.69) is 53.5 Å². The Morgan fingerprint density at radius 1 is 1.14 bits per heavy atom. The minimum Gasteiger partial charge on any atom is -0.377 e. The molecule has 2 aromatic carbocycles. The number of anilines is 2. The fourth-order valence-corrected chi connectivity index (χ4v) is 2.41. The molecule has 108 valence electrons. The van der Waals surface area contributed by atoms with Gasteiger partial charge < -0.3 is 10.2 Å². The van der Waals surface area contributed by atoms with Gasteiger partial charge in [-0.1, -0.05) is 36.4 Å². The highest BCUT2D eigenvalue weighted by molar-refractivity contribution is 5.62. The first-order valence-electron chi connectivity index (χ1n) is 7.08. The van der Waals surface area contributed by atoms with Gasteiger partial charge in [-0.2, -0.15) is 5.26 Å². The molecular formula is C18H21N3. The maximum Gasteiger partial charge on any atom is 0.0647 e. The molecule has 0 amide bonds. The summed E-state index contributed by atoms with van der Waals surface area (Å²) in [5.41, 5.74) is 4.59. The highest BCUT2D eigenvalue weighted by Gasteiger charge is 2.11. The third-order valence-corrected chi connectivity index (χ3v) is 3.53. The second-order valence-corrected chi connectivity index (χ2v) is 5.37. The number of hydrogen-bond acceptors (Lipinski definition) is 3. The third-order valence-electron chi connectivity index (χ3n) is 3.53. The first-order valence-corrected chi connectivity index (χ1v) is 7.08. The molecule has 0 aliphatic heterocycles. The molecule has 0 aromatic heterocycles. The van der Waals surface area contributed by atoms with Gasteiger partial charge in [-0.25, -0.2) is 0 Å². The topological polar surface area (TPSA) is 39.1 Å². The largest absolute Gasteiger partial charge is 0.377 e. The lowest BCUT2D eigenvalue weighted by Crippen LogP contribution is -2.13. The zero-order valence-electron chi connectivity index (χ0n) is 12.8. The summed E-state index contributed by atoms with van der Waals surface area (Å²) in [4.78, 5) is 2.10. The van der Waals surface area contributed by atoms with E-state index < -0.39 is 0 Å². The molecule has 3 nitrogen and oxygen atoms in total. The van der Waals surface area contributed by atoms with E-state index in [9.17, 15) is 0 Å². The van der Waals surface area contributed by atoms with E-state index in [-0.39, 0.29) is 6.04 Å². The van der Waals surface area contributed by atoms with Gasteiger partial charge in [-0.15, -0.1) is 0 Å². The fraction of sp³-hybridized carbons (Fsp3) is 0.278. The van der Waals surface area contributed by atoms with Gasteiger partial charge >= 0.3 is 0 Å². The molecule has 21 heavy (non-hydrogen) atoms. The molecule has 0 aliphatic rings. The number of aryl methyl sites for hydroxylation is 1. The van der Waals surface area contributed by atoms with Crippen LogP contribution in [0, 0.1) is 18.3 Å². The van der Waals surface area contributed by atoms with Gasteiger partial charge in [-0.05, 0) is 30.2 Å². The number of nitriles is 1. The Hall–Kier alpha value is -2.47. The van der Waals surface area contributed by atoms with Crippen molar-refractivity contribution in [2.75, 3.05) is 24.3 Å². The minimum atomic E-state index is 0.00826. The van der Waals surface area contributed by atoms with E-state index in [1.165, 1.54) is 11.3 Å². The van der Waals surface area contributed by atoms with Crippen LogP contribution in [0.1, 0.15) is 23.6 Å². The fourth-order valence-electron chi connectivity index (χ4n) is 2.41. The summed E-state index contributed by atoms with van der Waals surface area (Å²) in [5, 5.41) is 12.5. The van der Waals surface area contributed by atoms with E-state index in [4.69, 9.17) is 5.26 Å². The summed E-state index contributed by atoms with van der Waals surface area (Å²) in [7, 11) is 4.08. The summed E-state index contributed by atoms with van der Waals surface area (Å²) in [6.45, 7) is 2.10. The van der Waals surface area contributed by atoms with E-state index in [0.29, 0.717) is 6.42 Å². The Morgan fingerprint density at radius 2 is 1.86 bits per heavy atom. The molecule has 3 heteroatoms. The third kappa shape index (κ3) is 3.76. The molecule has 1 unspecified atom stereocenters. The molecule has 2 aromatic rings. The van der Waals surface area contributed by atoms with Crippen molar-refractivity contribution in [3.63, 3.8) is 0 Å². The highest BCUT2D eigenvalue weighted by atomic mass is 15.1. The highest BCUT2D eigenvalue weighted by Crippen LogP contribution is 2.27. The molecule has 0 bridgehead atoms. The molecule has 1 N–H and O–H groups in total. The average Bonchev–Trinajstić information content (AvgIpc) is 2.49. The second-order valence-electron chi connectivity index (χ2n) is 5.37. The summed E-state index contributed by atoms with van der Waals surface area (Å²) in [6, 6.07) is 18.7. The Morgan fingerprint density at radius 3 is 2.48 bits per heavy atom. The van der Waals surface area contributed by atoms with Gasteiger partial charge in [0.05, 0.1) is 18.5 Å². The van der Waals surface area contributed by atoms with Crippen LogP contribution < -0.4 is 10.2 Å². The minimum absolute atomic E-state index is 0.00826. The molecule has 1 atom stereocenters. The summed E-state index contributed by atoms with van der Waals surface area (Å²) >= 11 is 0. The van der Waals surface area contributed by atoms with Crippen LogP contribution in [0.3, 0.4) is 0 Å². The van der Waals surface area contributed by atoms with Crippen LogP contribution in [0.15, 0.2) is 48.5 Å². The number of nitrogens with one attached hydrogen (secondary N) is 1. The van der Waals surface area contributed by atoms with Crippen molar-refractivity contribution < 1.29 is 0 Å². The second kappa shape index (κ2) is 6.81. The Balaban J connectivity index is 2.26. The monoisotopic (exact) mass is 279 g/mol. The van der Waals surface area contributed by atoms with Gasteiger partial charge in [0.25, 0.3) is 0 Å². The Labute approximate surface area is 126 Å². The Kier molecular flexibility index (Phi) is 4.84. The standard InChI is InChI=1S/C18H21N3/c1-14-9-10-16(13-18(14)21(2)3)20-17(11-12-19)15-7-5-4-6-8-15/h4-10,13,17,20H,11H2,1-3H3. The number of benzene rings is 2. The molecule has 0 aliphatic carbocycles. The lowest BCUT2D eigenvalue weighted by molar-refractivity contribution is 0.806. The molecule has 0 saturated heterocycles. The normalized spacial score (nSPS) is 11.5. The Bertz CT molecular complexity index is 627. The maximum atomic E-state index is 9.06. The predicted molar refractivity (Wildman–Crippen MR) is 88.5 cm³/mol. The number of nitrogens with zero attached hydrogens (tertiary/aromatic N) is 2. The van der Waals surface area contributed by atoms with Crippen LogP contribution in [-0.4, -0.2) is 14.1 Å². The summed E-state index contributed by atoms with van der Waals surface area (Å²) < 4.78 is 0. The van der Waals surface area contributed by atoms with E-state index in [1.54, 1.807) is 0 Å². The number of hydrogen-bond donors (Lipinski definition) is 1. The predicted octanol–water partition coefficient (Wildman–Crippen LogP) is 4.13. The number of rotatable bonds is 5. The van der Waals surface area contributed by atoms with Crippen LogP contribution in [-0.2, 0) is 0 Å². The van der Waals surface area contributed by atoms with Gasteiger partial charge in [-0.3, -0.25) is 0 Å². The quantitative estimate of drug-likeness (QED) is 0.894. The molecule has 0 saturated carbocycles. The van der Waals surface area contributed by atoms with Crippen molar-refractivity contribution in [3.05, 3.63) is 59.7 Å².